The molecule has 0 atom stereocenters. The zero-order valence-electron chi connectivity index (χ0n) is 14.6. The summed E-state index contributed by atoms with van der Waals surface area (Å²) in [6, 6.07) is 14.8. The number of anilines is 1. The molecule has 1 aliphatic heterocycles. The molecule has 0 aliphatic carbocycles. The Morgan fingerprint density at radius 1 is 1.19 bits per heavy atom. The van der Waals surface area contributed by atoms with Crippen molar-refractivity contribution in [2.24, 2.45) is 0 Å². The minimum absolute atomic E-state index is 0.0691. The highest BCUT2D eigenvalue weighted by Gasteiger charge is 2.22. The molecular weight excluding hydrogens is 368 g/mol. The molecule has 0 radical (unpaired) electrons. The molecule has 2 aromatic carbocycles. The van der Waals surface area contributed by atoms with Gasteiger partial charge in [-0.05, 0) is 42.4 Å². The van der Waals surface area contributed by atoms with Crippen LogP contribution in [0.25, 0.3) is 0 Å². The lowest BCUT2D eigenvalue weighted by molar-refractivity contribution is -0.116. The number of sulfonamides is 1. The smallest absolute Gasteiger partial charge is 0.240 e. The molecule has 0 unspecified atom stereocenters. The van der Waals surface area contributed by atoms with Crippen molar-refractivity contribution in [1.82, 2.24) is 4.72 Å². The molecule has 1 heterocycles. The van der Waals surface area contributed by atoms with Crippen LogP contribution in [0.1, 0.15) is 18.9 Å². The first-order valence-electron chi connectivity index (χ1n) is 8.56. The van der Waals surface area contributed by atoms with Gasteiger partial charge in [0.2, 0.25) is 15.9 Å². The number of benzene rings is 2. The Morgan fingerprint density at radius 2 is 1.96 bits per heavy atom. The van der Waals surface area contributed by atoms with Crippen molar-refractivity contribution in [1.29, 1.82) is 0 Å². The summed E-state index contributed by atoms with van der Waals surface area (Å²) < 4.78 is 28.0. The molecule has 5 nitrogen and oxygen atoms in total. The number of hydrogen-bond acceptors (Lipinski definition) is 4. The molecule has 0 aromatic heterocycles. The van der Waals surface area contributed by atoms with Crippen LogP contribution in [-0.4, -0.2) is 33.2 Å². The van der Waals surface area contributed by atoms with E-state index in [0.717, 1.165) is 22.6 Å². The van der Waals surface area contributed by atoms with Gasteiger partial charge in [-0.15, -0.1) is 11.8 Å². The van der Waals surface area contributed by atoms with E-state index < -0.39 is 10.0 Å². The maximum absolute atomic E-state index is 12.6. The van der Waals surface area contributed by atoms with Gasteiger partial charge >= 0.3 is 0 Å². The quantitative estimate of drug-likeness (QED) is 0.852. The van der Waals surface area contributed by atoms with E-state index in [0.29, 0.717) is 25.2 Å². The van der Waals surface area contributed by atoms with Crippen molar-refractivity contribution in [2.45, 2.75) is 29.6 Å². The summed E-state index contributed by atoms with van der Waals surface area (Å²) >= 11 is 1.66. The lowest BCUT2D eigenvalue weighted by Gasteiger charge is -2.21. The molecule has 0 spiro atoms. The second-order valence-corrected chi connectivity index (χ2v) is 9.04. The number of carbonyl (C=O) groups is 1. The van der Waals surface area contributed by atoms with Gasteiger partial charge in [-0.3, -0.25) is 4.79 Å². The van der Waals surface area contributed by atoms with Crippen LogP contribution in [0.3, 0.4) is 0 Å². The molecule has 7 heteroatoms. The lowest BCUT2D eigenvalue weighted by Crippen LogP contribution is -2.30. The van der Waals surface area contributed by atoms with Crippen molar-refractivity contribution < 1.29 is 13.2 Å². The Morgan fingerprint density at radius 3 is 2.69 bits per heavy atom. The van der Waals surface area contributed by atoms with E-state index in [1.807, 2.05) is 30.3 Å². The number of rotatable bonds is 5. The van der Waals surface area contributed by atoms with Gasteiger partial charge in [0.25, 0.3) is 0 Å². The Labute approximate surface area is 158 Å². The summed E-state index contributed by atoms with van der Waals surface area (Å²) in [5.41, 5.74) is 1.77. The first-order chi connectivity index (χ1) is 12.5. The van der Waals surface area contributed by atoms with Crippen LogP contribution in [-0.2, 0) is 21.2 Å². The second-order valence-electron chi connectivity index (χ2n) is 6.14. The van der Waals surface area contributed by atoms with Crippen molar-refractivity contribution in [2.75, 3.05) is 23.7 Å². The summed E-state index contributed by atoms with van der Waals surface area (Å²) in [6.07, 6.45) is 1.51. The monoisotopic (exact) mass is 390 g/mol. The molecule has 2 aromatic rings. The van der Waals surface area contributed by atoms with E-state index in [4.69, 9.17) is 0 Å². The Kier molecular flexibility index (Phi) is 6.01. The summed E-state index contributed by atoms with van der Waals surface area (Å²) in [7, 11) is -3.62. The molecule has 26 heavy (non-hydrogen) atoms. The van der Waals surface area contributed by atoms with Gasteiger partial charge in [-0.25, -0.2) is 13.1 Å². The first kappa shape index (κ1) is 18.9. The van der Waals surface area contributed by atoms with Gasteiger partial charge in [0.1, 0.15) is 0 Å². The summed E-state index contributed by atoms with van der Waals surface area (Å²) in [5, 5.41) is 0. The predicted octanol–water partition coefficient (Wildman–Crippen LogP) is 3.06. The summed E-state index contributed by atoms with van der Waals surface area (Å²) in [4.78, 5) is 14.8. The van der Waals surface area contributed by atoms with Crippen LogP contribution in [0.4, 0.5) is 5.69 Å². The van der Waals surface area contributed by atoms with E-state index in [2.05, 4.69) is 4.72 Å². The van der Waals surface area contributed by atoms with Crippen molar-refractivity contribution >= 4 is 33.4 Å². The highest BCUT2D eigenvalue weighted by molar-refractivity contribution is 7.99. The fraction of sp³-hybridized carbons (Fsp3) is 0.316. The molecule has 1 aliphatic rings. The average Bonchev–Trinajstić information content (AvgIpc) is 2.84. The zero-order valence-corrected chi connectivity index (χ0v) is 16.3. The van der Waals surface area contributed by atoms with Gasteiger partial charge in [0.15, 0.2) is 0 Å². The van der Waals surface area contributed by atoms with Crippen LogP contribution in [0.2, 0.25) is 0 Å². The second kappa shape index (κ2) is 8.24. The van der Waals surface area contributed by atoms with Crippen molar-refractivity contribution in [3.05, 3.63) is 54.1 Å². The molecule has 0 saturated carbocycles. The van der Waals surface area contributed by atoms with Crippen LogP contribution < -0.4 is 9.62 Å². The van der Waals surface area contributed by atoms with E-state index in [-0.39, 0.29) is 10.8 Å². The molecule has 1 amide bonds. The zero-order chi connectivity index (χ0) is 18.6. The Bertz CT molecular complexity index is 883. The number of fused-ring (bicyclic) bond motifs is 1. The highest BCUT2D eigenvalue weighted by Crippen LogP contribution is 2.35. The van der Waals surface area contributed by atoms with E-state index >= 15 is 0 Å². The number of nitrogens with zero attached hydrogens (tertiary/aromatic N) is 1. The number of carbonyl (C=O) groups excluding carboxylic acids is 1. The topological polar surface area (TPSA) is 66.5 Å². The van der Waals surface area contributed by atoms with Crippen molar-refractivity contribution in [3.63, 3.8) is 0 Å². The molecule has 138 valence electrons. The average molecular weight is 391 g/mol. The van der Waals surface area contributed by atoms with Gasteiger partial charge in [0.05, 0.1) is 10.6 Å². The summed E-state index contributed by atoms with van der Waals surface area (Å²) in [5.74, 6) is 0.846. The lowest BCUT2D eigenvalue weighted by atomic mass is 10.2. The minimum atomic E-state index is -3.62. The van der Waals surface area contributed by atoms with Crippen molar-refractivity contribution in [3.8, 4) is 0 Å². The Hall–Kier alpha value is -1.83. The van der Waals surface area contributed by atoms with Crippen LogP contribution >= 0.6 is 11.8 Å². The molecule has 3 rings (SSSR count). The SMILES string of the molecule is CC(=O)N1CCCSc2ccc(S(=O)(=O)NCCc3ccccc3)cc21. The third-order valence-corrected chi connectivity index (χ3v) is 6.85. The molecule has 1 N–H and O–H groups in total. The molecule has 0 saturated heterocycles. The standard InChI is InChI=1S/C19H22N2O3S2/c1-15(22)21-12-5-13-25-19-9-8-17(14-18(19)21)26(23,24)20-11-10-16-6-3-2-4-7-16/h2-4,6-9,14,20H,5,10-13H2,1H3. The predicted molar refractivity (Wildman–Crippen MR) is 105 cm³/mol. The van der Waals surface area contributed by atoms with E-state index in [1.165, 1.54) is 6.92 Å². The van der Waals surface area contributed by atoms with Gasteiger partial charge in [0, 0.05) is 24.9 Å². The fourth-order valence-corrected chi connectivity index (χ4v) is 4.93. The van der Waals surface area contributed by atoms with Gasteiger partial charge < -0.3 is 4.90 Å². The molecule has 0 fully saturated rings. The molecular formula is C19H22N2O3S2. The van der Waals surface area contributed by atoms with Gasteiger partial charge in [-0.1, -0.05) is 30.3 Å². The fourth-order valence-electron chi connectivity index (χ4n) is 2.91. The van der Waals surface area contributed by atoms with E-state index in [1.54, 1.807) is 34.9 Å². The third kappa shape index (κ3) is 4.47. The maximum atomic E-state index is 12.6. The number of nitrogens with one attached hydrogen (secondary N) is 1. The van der Waals surface area contributed by atoms with Crippen LogP contribution in [0, 0.1) is 0 Å². The number of amides is 1. The largest absolute Gasteiger partial charge is 0.311 e. The first-order valence-corrected chi connectivity index (χ1v) is 11.0. The Balaban J connectivity index is 1.78. The number of hydrogen-bond donors (Lipinski definition) is 1. The number of thioether (sulfide) groups is 1. The highest BCUT2D eigenvalue weighted by atomic mass is 32.2. The normalized spacial score (nSPS) is 14.6. The van der Waals surface area contributed by atoms with Crippen LogP contribution in [0.5, 0.6) is 0 Å². The maximum Gasteiger partial charge on any atom is 0.240 e. The minimum Gasteiger partial charge on any atom is -0.311 e. The molecule has 0 bridgehead atoms. The van der Waals surface area contributed by atoms with Gasteiger partial charge in [-0.2, -0.15) is 0 Å². The summed E-state index contributed by atoms with van der Waals surface area (Å²) in [6.45, 7) is 2.45. The van der Waals surface area contributed by atoms with E-state index in [9.17, 15) is 13.2 Å². The third-order valence-electron chi connectivity index (χ3n) is 4.24. The van der Waals surface area contributed by atoms with Crippen LogP contribution in [0.15, 0.2) is 58.3 Å².